The number of halogens is 3. The molecule has 1 fully saturated rings. The first kappa shape index (κ1) is 21.5. The number of thiocarbonyl (C=S) groups is 1. The number of carbonyl (C=O) groups is 1. The Bertz CT molecular complexity index is 1010. The molecule has 2 aromatic rings. The molecule has 156 valence electrons. The summed E-state index contributed by atoms with van der Waals surface area (Å²) in [7, 11) is 1.37. The Hall–Kier alpha value is -3.19. The fraction of sp³-hybridized carbons (Fsp3) is 0.300. The summed E-state index contributed by atoms with van der Waals surface area (Å²) in [5.74, 6) is -0.389. The van der Waals surface area contributed by atoms with Crippen molar-refractivity contribution in [1.29, 1.82) is 5.26 Å². The molecule has 1 N–H and O–H groups in total. The molecule has 0 bridgehead atoms. The number of phenolic OH excluding ortho intramolecular Hbond substituents is 1. The van der Waals surface area contributed by atoms with Gasteiger partial charge < -0.3 is 14.9 Å². The summed E-state index contributed by atoms with van der Waals surface area (Å²) in [4.78, 5) is 19.7. The molecule has 1 aliphatic rings. The van der Waals surface area contributed by atoms with E-state index in [1.807, 2.05) is 0 Å². The van der Waals surface area contributed by atoms with Crippen LogP contribution in [-0.4, -0.2) is 34.1 Å². The largest absolute Gasteiger partial charge is 0.508 e. The Kier molecular flexibility index (Phi) is 5.67. The lowest BCUT2D eigenvalue weighted by molar-refractivity contribution is -0.138. The van der Waals surface area contributed by atoms with Crippen LogP contribution in [0.5, 0.6) is 5.75 Å². The van der Waals surface area contributed by atoms with Gasteiger partial charge in [-0.2, -0.15) is 18.4 Å². The normalized spacial score (nSPS) is 14.9. The van der Waals surface area contributed by atoms with Crippen molar-refractivity contribution < 1.29 is 23.1 Å². The molecule has 1 aliphatic carbocycles. The Labute approximate surface area is 176 Å². The number of aromatic hydroxyl groups is 1. The monoisotopic (exact) mass is 434 g/mol. The zero-order valence-corrected chi connectivity index (χ0v) is 16.7. The summed E-state index contributed by atoms with van der Waals surface area (Å²) in [6.45, 7) is 0. The lowest BCUT2D eigenvalue weighted by atomic mass is 9.74. The molecule has 1 aromatic carbocycles. The van der Waals surface area contributed by atoms with E-state index in [1.54, 1.807) is 17.0 Å². The summed E-state index contributed by atoms with van der Waals surface area (Å²) in [5, 5.41) is 18.4. The number of aromatic nitrogens is 1. The number of benzene rings is 1. The van der Waals surface area contributed by atoms with Gasteiger partial charge in [0.15, 0.2) is 5.69 Å². The van der Waals surface area contributed by atoms with Crippen LogP contribution in [0.25, 0.3) is 0 Å². The first-order valence-corrected chi connectivity index (χ1v) is 9.40. The van der Waals surface area contributed by atoms with Crippen LogP contribution in [0.15, 0.2) is 36.5 Å². The van der Waals surface area contributed by atoms with E-state index in [4.69, 9.17) is 17.5 Å². The quantitative estimate of drug-likeness (QED) is 0.716. The molecule has 3 rings (SSSR count). The number of phenols is 1. The van der Waals surface area contributed by atoms with Crippen LogP contribution in [-0.2, 0) is 11.0 Å². The highest BCUT2D eigenvalue weighted by Crippen LogP contribution is 2.42. The molecule has 1 aromatic heterocycles. The third kappa shape index (κ3) is 3.68. The molecule has 0 unspecified atom stereocenters. The second-order valence-corrected chi connectivity index (χ2v) is 7.15. The number of carbonyl (C=O) groups excluding carboxylic acids is 1. The number of anilines is 2. The van der Waals surface area contributed by atoms with E-state index in [9.17, 15) is 23.1 Å². The van der Waals surface area contributed by atoms with E-state index < -0.39 is 28.9 Å². The Balaban J connectivity index is 1.99. The third-order valence-electron chi connectivity index (χ3n) is 5.25. The average molecular weight is 434 g/mol. The van der Waals surface area contributed by atoms with Crippen LogP contribution < -0.4 is 9.80 Å². The van der Waals surface area contributed by atoms with E-state index in [0.29, 0.717) is 18.5 Å². The Morgan fingerprint density at radius 2 is 1.93 bits per heavy atom. The molecule has 0 atom stereocenters. The number of likely N-dealkylation sites (N-methyl/N-ethyl adjacent to an activating group) is 1. The minimum atomic E-state index is -4.78. The van der Waals surface area contributed by atoms with Crippen molar-refractivity contribution in [2.75, 3.05) is 16.8 Å². The van der Waals surface area contributed by atoms with Gasteiger partial charge in [-0.25, -0.2) is 4.98 Å². The fourth-order valence-corrected chi connectivity index (χ4v) is 3.79. The number of alkyl halides is 3. The SMILES string of the molecule is CN(C(=O)C1(N(C=S)c2ccc(O)cc2)CCC1)c1cnc(C#N)c(C(F)(F)F)c1. The maximum atomic E-state index is 13.4. The van der Waals surface area contributed by atoms with Crippen molar-refractivity contribution in [3.63, 3.8) is 0 Å². The van der Waals surface area contributed by atoms with Gasteiger partial charge in [-0.05, 0) is 49.6 Å². The molecule has 0 radical (unpaired) electrons. The van der Waals surface area contributed by atoms with Crippen molar-refractivity contribution in [2.45, 2.75) is 31.0 Å². The first-order chi connectivity index (χ1) is 14.1. The smallest absolute Gasteiger partial charge is 0.419 e. The van der Waals surface area contributed by atoms with Crippen molar-refractivity contribution in [3.8, 4) is 11.8 Å². The Morgan fingerprint density at radius 3 is 2.40 bits per heavy atom. The summed E-state index contributed by atoms with van der Waals surface area (Å²) in [6.07, 6.45) is -2.05. The van der Waals surface area contributed by atoms with Gasteiger partial charge in [-0.15, -0.1) is 0 Å². The molecule has 1 saturated carbocycles. The second-order valence-electron chi connectivity index (χ2n) is 6.94. The van der Waals surface area contributed by atoms with Gasteiger partial charge >= 0.3 is 6.18 Å². The van der Waals surface area contributed by atoms with Crippen molar-refractivity contribution in [3.05, 3.63) is 47.8 Å². The fourth-order valence-electron chi connectivity index (χ4n) is 3.46. The van der Waals surface area contributed by atoms with Crippen LogP contribution in [0.3, 0.4) is 0 Å². The van der Waals surface area contributed by atoms with E-state index >= 15 is 0 Å². The molecular weight excluding hydrogens is 417 g/mol. The third-order valence-corrected chi connectivity index (χ3v) is 5.46. The number of nitriles is 1. The minimum absolute atomic E-state index is 0.0532. The lowest BCUT2D eigenvalue weighted by Crippen LogP contribution is -2.63. The van der Waals surface area contributed by atoms with E-state index in [2.05, 4.69) is 4.98 Å². The van der Waals surface area contributed by atoms with Gasteiger partial charge in [0.2, 0.25) is 0 Å². The van der Waals surface area contributed by atoms with Gasteiger partial charge in [-0.3, -0.25) is 4.79 Å². The van der Waals surface area contributed by atoms with Crippen LogP contribution in [0, 0.1) is 11.3 Å². The van der Waals surface area contributed by atoms with Gasteiger partial charge in [-0.1, -0.05) is 12.2 Å². The van der Waals surface area contributed by atoms with Gasteiger partial charge in [0.05, 0.1) is 22.9 Å². The average Bonchev–Trinajstić information content (AvgIpc) is 2.69. The van der Waals surface area contributed by atoms with Crippen molar-refractivity contribution in [2.24, 2.45) is 0 Å². The number of nitrogens with zero attached hydrogens (tertiary/aromatic N) is 4. The minimum Gasteiger partial charge on any atom is -0.508 e. The predicted molar refractivity (Wildman–Crippen MR) is 108 cm³/mol. The van der Waals surface area contributed by atoms with Gasteiger partial charge in [0.1, 0.15) is 17.4 Å². The molecule has 1 amide bonds. The number of hydrogen-bond donors (Lipinski definition) is 1. The number of rotatable bonds is 5. The standard InChI is InChI=1S/C20H17F3N4O2S/c1-26(14-9-16(20(21,22)23)17(10-24)25-11-14)18(29)19(7-2-8-19)27(12-30)13-3-5-15(28)6-4-13/h3-6,9,11-12,28H,2,7-8H2,1H3. The molecule has 10 heteroatoms. The van der Waals surface area contributed by atoms with Gasteiger partial charge in [0.25, 0.3) is 5.91 Å². The zero-order chi connectivity index (χ0) is 22.1. The Morgan fingerprint density at radius 1 is 1.30 bits per heavy atom. The van der Waals surface area contributed by atoms with E-state index in [-0.39, 0.29) is 11.4 Å². The summed E-state index contributed by atoms with van der Waals surface area (Å²) in [5.41, 5.74) is -1.18. The maximum Gasteiger partial charge on any atom is 0.419 e. The molecule has 1 heterocycles. The molecule has 30 heavy (non-hydrogen) atoms. The molecule has 0 spiro atoms. The molecular formula is C20H17F3N4O2S. The summed E-state index contributed by atoms with van der Waals surface area (Å²) >= 11 is 5.13. The summed E-state index contributed by atoms with van der Waals surface area (Å²) in [6, 6.07) is 8.31. The topological polar surface area (TPSA) is 80.5 Å². The maximum absolute atomic E-state index is 13.4. The van der Waals surface area contributed by atoms with Crippen LogP contribution in [0.2, 0.25) is 0 Å². The highest BCUT2D eigenvalue weighted by Gasteiger charge is 2.50. The zero-order valence-electron chi connectivity index (χ0n) is 15.8. The molecule has 6 nitrogen and oxygen atoms in total. The van der Waals surface area contributed by atoms with E-state index in [0.717, 1.165) is 23.6 Å². The van der Waals surface area contributed by atoms with Crippen molar-refractivity contribution in [1.82, 2.24) is 4.98 Å². The number of pyridine rings is 1. The van der Waals surface area contributed by atoms with Gasteiger partial charge in [0, 0.05) is 12.7 Å². The molecule has 0 aliphatic heterocycles. The first-order valence-electron chi connectivity index (χ1n) is 8.93. The highest BCUT2D eigenvalue weighted by molar-refractivity contribution is 7.79. The number of amides is 1. The van der Waals surface area contributed by atoms with Crippen LogP contribution >= 0.6 is 12.2 Å². The summed E-state index contributed by atoms with van der Waals surface area (Å²) < 4.78 is 39.9. The second kappa shape index (κ2) is 7.91. The number of hydrogen-bond acceptors (Lipinski definition) is 5. The predicted octanol–water partition coefficient (Wildman–Crippen LogP) is 4.03. The molecule has 0 saturated heterocycles. The van der Waals surface area contributed by atoms with Crippen LogP contribution in [0.4, 0.5) is 24.5 Å². The van der Waals surface area contributed by atoms with E-state index in [1.165, 1.54) is 30.7 Å². The highest BCUT2D eigenvalue weighted by atomic mass is 32.1. The van der Waals surface area contributed by atoms with Crippen LogP contribution in [0.1, 0.15) is 30.5 Å². The lowest BCUT2D eigenvalue weighted by Gasteiger charge is -2.49. The van der Waals surface area contributed by atoms with Crippen molar-refractivity contribution >= 4 is 35.0 Å².